The number of nitrogens with one attached hydrogen (secondary N) is 2. The molecule has 0 radical (unpaired) electrons. The summed E-state index contributed by atoms with van der Waals surface area (Å²) in [5, 5.41) is 16.1. The van der Waals surface area contributed by atoms with Gasteiger partial charge in [-0.15, -0.1) is 0 Å². The van der Waals surface area contributed by atoms with Crippen molar-refractivity contribution in [2.24, 2.45) is 10.7 Å². The molecule has 0 saturated carbocycles. The molecular weight excluding hydrogens is 432 g/mol. The van der Waals surface area contributed by atoms with Crippen LogP contribution in [0.4, 0.5) is 4.39 Å². The Morgan fingerprint density at radius 2 is 2.23 bits per heavy atom. The van der Waals surface area contributed by atoms with E-state index in [-0.39, 0.29) is 41.6 Å². The predicted molar refractivity (Wildman–Crippen MR) is 113 cm³/mol. The van der Waals surface area contributed by atoms with E-state index >= 15 is 0 Å². The van der Waals surface area contributed by atoms with Gasteiger partial charge in [0.05, 0.1) is 29.4 Å². The Labute approximate surface area is 183 Å². The van der Waals surface area contributed by atoms with Crippen LogP contribution in [0.15, 0.2) is 21.6 Å². The minimum absolute atomic E-state index is 0.00992. The molecule has 1 aromatic heterocycles. The van der Waals surface area contributed by atoms with Gasteiger partial charge in [0, 0.05) is 30.1 Å². The molecule has 160 valence electrons. The molecule has 4 N–H and O–H groups in total. The van der Waals surface area contributed by atoms with Gasteiger partial charge in [-0.2, -0.15) is 4.98 Å². The van der Waals surface area contributed by atoms with E-state index in [0.717, 1.165) is 19.4 Å². The first-order chi connectivity index (χ1) is 14.4. The Hall–Kier alpha value is -2.07. The molecule has 30 heavy (non-hydrogen) atoms. The maximum absolute atomic E-state index is 13.9. The standard InChI is InChI=1S/C19H22Cl2FN7O/c20-11-3-4-12(22)16(21)10(11)9-29-7-6-26-17(24)15(29)8-13(23)18-27-19(30-28-18)14-2-1-5-25-14/h3-4,14-15,23,25H,1-2,5-9H2,(H2,24,26). The smallest absolute Gasteiger partial charge is 0.244 e. The van der Waals surface area contributed by atoms with E-state index in [1.54, 1.807) is 0 Å². The molecule has 1 saturated heterocycles. The molecule has 3 heterocycles. The van der Waals surface area contributed by atoms with Crippen molar-refractivity contribution in [3.63, 3.8) is 0 Å². The van der Waals surface area contributed by atoms with Crippen LogP contribution in [0.1, 0.15) is 42.6 Å². The fourth-order valence-electron chi connectivity index (χ4n) is 3.78. The number of rotatable bonds is 6. The zero-order valence-electron chi connectivity index (χ0n) is 16.2. The quantitative estimate of drug-likeness (QED) is 0.457. The van der Waals surface area contributed by atoms with Crippen LogP contribution in [0.3, 0.4) is 0 Å². The van der Waals surface area contributed by atoms with Gasteiger partial charge in [-0.05, 0) is 31.5 Å². The summed E-state index contributed by atoms with van der Waals surface area (Å²) in [7, 11) is 0. The molecule has 0 amide bonds. The fraction of sp³-hybridized carbons (Fsp3) is 0.474. The normalized spacial score (nSPS) is 22.3. The molecule has 8 nitrogen and oxygen atoms in total. The maximum Gasteiger partial charge on any atom is 0.244 e. The Morgan fingerprint density at radius 3 is 3.00 bits per heavy atom. The van der Waals surface area contributed by atoms with Gasteiger partial charge in [0.1, 0.15) is 11.7 Å². The Kier molecular flexibility index (Phi) is 6.33. The highest BCUT2D eigenvalue weighted by Gasteiger charge is 2.30. The van der Waals surface area contributed by atoms with Crippen LogP contribution in [0.25, 0.3) is 0 Å². The minimum Gasteiger partial charge on any atom is -0.386 e. The van der Waals surface area contributed by atoms with Gasteiger partial charge in [-0.3, -0.25) is 9.89 Å². The van der Waals surface area contributed by atoms with Crippen molar-refractivity contribution in [1.29, 1.82) is 5.41 Å². The first-order valence-electron chi connectivity index (χ1n) is 9.75. The summed E-state index contributed by atoms with van der Waals surface area (Å²) in [6.07, 6.45) is 2.21. The van der Waals surface area contributed by atoms with Crippen molar-refractivity contribution >= 4 is 34.7 Å². The van der Waals surface area contributed by atoms with Crippen LogP contribution in [0, 0.1) is 11.2 Å². The summed E-state index contributed by atoms with van der Waals surface area (Å²) >= 11 is 12.4. The third-order valence-corrected chi connectivity index (χ3v) is 6.19. The van der Waals surface area contributed by atoms with Crippen molar-refractivity contribution in [3.8, 4) is 0 Å². The summed E-state index contributed by atoms with van der Waals surface area (Å²) in [5.74, 6) is 0.598. The highest BCUT2D eigenvalue weighted by atomic mass is 35.5. The summed E-state index contributed by atoms with van der Waals surface area (Å²) in [6, 6.07) is 2.37. The molecule has 2 aliphatic heterocycles. The van der Waals surface area contributed by atoms with Gasteiger partial charge in [0.25, 0.3) is 0 Å². The monoisotopic (exact) mass is 453 g/mol. The van der Waals surface area contributed by atoms with Gasteiger partial charge < -0.3 is 21.0 Å². The van der Waals surface area contributed by atoms with Gasteiger partial charge in [0.15, 0.2) is 0 Å². The van der Waals surface area contributed by atoms with Crippen LogP contribution in [-0.2, 0) is 6.54 Å². The second kappa shape index (κ2) is 8.97. The van der Waals surface area contributed by atoms with Crippen LogP contribution in [-0.4, -0.2) is 52.3 Å². The Balaban J connectivity index is 1.51. The van der Waals surface area contributed by atoms with E-state index < -0.39 is 5.82 Å². The lowest BCUT2D eigenvalue weighted by molar-refractivity contribution is 0.231. The summed E-state index contributed by atoms with van der Waals surface area (Å²) in [5.41, 5.74) is 6.83. The van der Waals surface area contributed by atoms with E-state index in [1.165, 1.54) is 12.1 Å². The molecule has 0 spiro atoms. The average Bonchev–Trinajstić information content (AvgIpc) is 3.42. The van der Waals surface area contributed by atoms with Gasteiger partial charge in [-0.25, -0.2) is 4.39 Å². The minimum atomic E-state index is -0.529. The molecule has 2 aromatic rings. The number of amidine groups is 1. The maximum atomic E-state index is 13.9. The number of nitrogens with two attached hydrogens (primary N) is 1. The van der Waals surface area contributed by atoms with Crippen molar-refractivity contribution in [1.82, 2.24) is 20.4 Å². The number of hydrogen-bond donors (Lipinski definition) is 3. The first kappa shape index (κ1) is 21.2. The first-order valence-corrected chi connectivity index (χ1v) is 10.5. The third kappa shape index (κ3) is 4.34. The average molecular weight is 454 g/mol. The van der Waals surface area contributed by atoms with E-state index in [1.807, 2.05) is 4.90 Å². The number of aliphatic imine (C=N–C) groups is 1. The number of aromatic nitrogens is 2. The molecule has 11 heteroatoms. The molecule has 0 bridgehead atoms. The lowest BCUT2D eigenvalue weighted by Gasteiger charge is -2.34. The molecule has 4 rings (SSSR count). The van der Waals surface area contributed by atoms with Gasteiger partial charge >= 0.3 is 0 Å². The zero-order chi connectivity index (χ0) is 21.3. The summed E-state index contributed by atoms with van der Waals surface area (Å²) in [6.45, 7) is 2.27. The van der Waals surface area contributed by atoms with Crippen molar-refractivity contribution in [2.45, 2.75) is 37.9 Å². The molecule has 1 aromatic carbocycles. The van der Waals surface area contributed by atoms with E-state index in [2.05, 4.69) is 20.4 Å². The highest BCUT2D eigenvalue weighted by molar-refractivity contribution is 6.36. The summed E-state index contributed by atoms with van der Waals surface area (Å²) < 4.78 is 19.3. The molecule has 0 aliphatic carbocycles. The number of halogens is 3. The van der Waals surface area contributed by atoms with Crippen LogP contribution >= 0.6 is 23.2 Å². The second-order valence-electron chi connectivity index (χ2n) is 7.40. The fourth-order valence-corrected chi connectivity index (χ4v) is 4.27. The third-order valence-electron chi connectivity index (χ3n) is 5.43. The largest absolute Gasteiger partial charge is 0.386 e. The van der Waals surface area contributed by atoms with E-state index in [0.29, 0.717) is 35.4 Å². The Bertz CT molecular complexity index is 974. The van der Waals surface area contributed by atoms with Crippen LogP contribution in [0.2, 0.25) is 10.0 Å². The van der Waals surface area contributed by atoms with E-state index in [9.17, 15) is 4.39 Å². The number of nitrogens with zero attached hydrogens (tertiary/aromatic N) is 4. The Morgan fingerprint density at radius 1 is 1.40 bits per heavy atom. The van der Waals surface area contributed by atoms with Gasteiger partial charge in [0.2, 0.25) is 11.7 Å². The van der Waals surface area contributed by atoms with Crippen molar-refractivity contribution in [2.75, 3.05) is 19.6 Å². The predicted octanol–water partition coefficient (Wildman–Crippen LogP) is 2.94. The molecule has 1 fully saturated rings. The summed E-state index contributed by atoms with van der Waals surface area (Å²) in [4.78, 5) is 10.7. The van der Waals surface area contributed by atoms with Crippen LogP contribution < -0.4 is 11.1 Å². The molecular formula is C19H22Cl2FN7O. The number of hydrogen-bond acceptors (Lipinski definition) is 8. The highest BCUT2D eigenvalue weighted by Crippen LogP contribution is 2.30. The van der Waals surface area contributed by atoms with Gasteiger partial charge in [-0.1, -0.05) is 28.4 Å². The number of benzene rings is 1. The lowest BCUT2D eigenvalue weighted by Crippen LogP contribution is -2.50. The SMILES string of the molecule is N=C(CC1C(N)=NCCN1Cc1c(Cl)ccc(F)c1Cl)c1noc(C2CCCN2)n1. The van der Waals surface area contributed by atoms with Crippen molar-refractivity contribution in [3.05, 3.63) is 45.3 Å². The molecule has 2 unspecified atom stereocenters. The van der Waals surface area contributed by atoms with Crippen molar-refractivity contribution < 1.29 is 8.91 Å². The lowest BCUT2D eigenvalue weighted by atomic mass is 10.0. The molecule has 2 aliphatic rings. The topological polar surface area (TPSA) is 116 Å². The molecule has 2 atom stereocenters. The van der Waals surface area contributed by atoms with Crippen LogP contribution in [0.5, 0.6) is 0 Å². The second-order valence-corrected chi connectivity index (χ2v) is 8.19. The zero-order valence-corrected chi connectivity index (χ0v) is 17.7. The van der Waals surface area contributed by atoms with E-state index in [4.69, 9.17) is 38.9 Å².